The molecule has 0 aliphatic heterocycles. The number of hydrogen-bond donors (Lipinski definition) is 4. The molecule has 0 fully saturated rings. The van der Waals surface area contributed by atoms with E-state index in [-0.39, 0.29) is 0 Å². The van der Waals surface area contributed by atoms with Crippen molar-refractivity contribution in [2.75, 3.05) is 20.2 Å². The van der Waals surface area contributed by atoms with E-state index in [0.29, 0.717) is 24.3 Å². The Balaban J connectivity index is 2.57. The first-order valence-electron chi connectivity index (χ1n) is 6.00. The van der Waals surface area contributed by atoms with Gasteiger partial charge < -0.3 is 25.4 Å². The first-order chi connectivity index (χ1) is 9.04. The number of nitrogens with one attached hydrogen (secondary N) is 1. The fourth-order valence-corrected chi connectivity index (χ4v) is 1.58. The molecule has 106 valence electrons. The van der Waals surface area contributed by atoms with Gasteiger partial charge in [0.1, 0.15) is 11.9 Å². The van der Waals surface area contributed by atoms with Gasteiger partial charge in [-0.15, -0.1) is 0 Å². The third kappa shape index (κ3) is 5.25. The number of carbonyl (C=O) groups is 1. The Kier molecular flexibility index (Phi) is 6.27. The van der Waals surface area contributed by atoms with Gasteiger partial charge in [-0.2, -0.15) is 0 Å². The van der Waals surface area contributed by atoms with Crippen molar-refractivity contribution in [2.45, 2.75) is 18.6 Å². The Morgan fingerprint density at radius 3 is 2.47 bits per heavy atom. The first-order valence-corrected chi connectivity index (χ1v) is 6.00. The summed E-state index contributed by atoms with van der Waals surface area (Å²) in [6, 6.07) is 6.33. The van der Waals surface area contributed by atoms with Gasteiger partial charge in [0.25, 0.3) is 0 Å². The minimum absolute atomic E-state index is 0.406. The number of ether oxygens (including phenoxy) is 1. The molecule has 0 saturated heterocycles. The van der Waals surface area contributed by atoms with E-state index in [2.05, 4.69) is 5.32 Å². The molecule has 2 unspecified atom stereocenters. The third-order valence-corrected chi connectivity index (χ3v) is 2.64. The van der Waals surface area contributed by atoms with E-state index < -0.39 is 24.8 Å². The molecule has 6 heteroatoms. The maximum atomic E-state index is 10.3. The predicted octanol–water partition coefficient (Wildman–Crippen LogP) is 0.154. The molecule has 0 bridgehead atoms. The van der Waals surface area contributed by atoms with Crippen LogP contribution < -0.4 is 10.1 Å². The van der Waals surface area contributed by atoms with E-state index in [4.69, 9.17) is 9.84 Å². The minimum atomic E-state index is -1.05. The lowest BCUT2D eigenvalue weighted by Crippen LogP contribution is -2.23. The summed E-state index contributed by atoms with van der Waals surface area (Å²) < 4.78 is 4.97. The number of carboxylic acids is 1. The van der Waals surface area contributed by atoms with Crippen molar-refractivity contribution in [3.05, 3.63) is 29.8 Å². The summed E-state index contributed by atoms with van der Waals surface area (Å²) in [5.74, 6) is -0.644. The Labute approximate surface area is 111 Å². The maximum Gasteiger partial charge on any atom is 0.341 e. The molecule has 0 spiro atoms. The van der Waals surface area contributed by atoms with E-state index in [1.54, 1.807) is 31.3 Å². The monoisotopic (exact) mass is 269 g/mol. The quantitative estimate of drug-likeness (QED) is 0.536. The van der Waals surface area contributed by atoms with Crippen LogP contribution in [-0.4, -0.2) is 47.6 Å². The average molecular weight is 269 g/mol. The summed E-state index contributed by atoms with van der Waals surface area (Å²) in [5.41, 5.74) is 0.561. The number of benzene rings is 1. The molecule has 4 N–H and O–H groups in total. The zero-order chi connectivity index (χ0) is 14.3. The Bertz CT molecular complexity index is 393. The van der Waals surface area contributed by atoms with E-state index >= 15 is 0 Å². The van der Waals surface area contributed by atoms with Gasteiger partial charge in [0.05, 0.1) is 6.10 Å². The van der Waals surface area contributed by atoms with Gasteiger partial charge in [-0.05, 0) is 37.7 Å². The van der Waals surface area contributed by atoms with Crippen molar-refractivity contribution >= 4 is 5.97 Å². The lowest BCUT2D eigenvalue weighted by molar-refractivity contribution is -0.139. The number of carboxylic acid groups (broad SMARTS) is 1. The third-order valence-electron chi connectivity index (χ3n) is 2.64. The van der Waals surface area contributed by atoms with Crippen molar-refractivity contribution < 1.29 is 24.9 Å². The van der Waals surface area contributed by atoms with E-state index in [0.717, 1.165) is 0 Å². The molecule has 19 heavy (non-hydrogen) atoms. The molecule has 6 nitrogen and oxygen atoms in total. The van der Waals surface area contributed by atoms with Crippen LogP contribution in [0.3, 0.4) is 0 Å². The smallest absolute Gasteiger partial charge is 0.341 e. The summed E-state index contributed by atoms with van der Waals surface area (Å²) in [6.45, 7) is 0.199. The second-order valence-electron chi connectivity index (χ2n) is 4.16. The van der Waals surface area contributed by atoms with Gasteiger partial charge in [0, 0.05) is 0 Å². The topological polar surface area (TPSA) is 99.0 Å². The lowest BCUT2D eigenvalue weighted by atomic mass is 10.0. The van der Waals surface area contributed by atoms with Crippen molar-refractivity contribution in [3.63, 3.8) is 0 Å². The number of aliphatic hydroxyl groups is 2. The average Bonchev–Trinajstić information content (AvgIpc) is 2.42. The van der Waals surface area contributed by atoms with Crippen LogP contribution in [0.15, 0.2) is 24.3 Å². The summed E-state index contributed by atoms with van der Waals surface area (Å²) in [4.78, 5) is 10.3. The molecule has 0 amide bonds. The van der Waals surface area contributed by atoms with Gasteiger partial charge in [0.2, 0.25) is 0 Å². The molecule has 0 saturated carbocycles. The molecule has 1 rings (SSSR count). The van der Waals surface area contributed by atoms with Crippen LogP contribution in [0.2, 0.25) is 0 Å². The lowest BCUT2D eigenvalue weighted by Gasteiger charge is -2.18. The molecule has 2 atom stereocenters. The van der Waals surface area contributed by atoms with E-state index in [1.807, 2.05) is 0 Å². The highest BCUT2D eigenvalue weighted by molar-refractivity contribution is 5.68. The van der Waals surface area contributed by atoms with Gasteiger partial charge in [0.15, 0.2) is 6.61 Å². The van der Waals surface area contributed by atoms with Crippen molar-refractivity contribution in [1.29, 1.82) is 0 Å². The number of rotatable bonds is 8. The van der Waals surface area contributed by atoms with Crippen molar-refractivity contribution in [2.24, 2.45) is 0 Å². The molecule has 1 aromatic rings. The highest BCUT2D eigenvalue weighted by atomic mass is 16.5. The van der Waals surface area contributed by atoms with Crippen LogP contribution in [0.5, 0.6) is 5.75 Å². The fraction of sp³-hybridized carbons (Fsp3) is 0.462. The minimum Gasteiger partial charge on any atom is -0.482 e. The van der Waals surface area contributed by atoms with Crippen LogP contribution in [0.25, 0.3) is 0 Å². The summed E-state index contributed by atoms with van der Waals surface area (Å²) >= 11 is 0. The van der Waals surface area contributed by atoms with Gasteiger partial charge >= 0.3 is 5.97 Å². The van der Waals surface area contributed by atoms with Gasteiger partial charge in [-0.1, -0.05) is 12.1 Å². The molecule has 0 radical (unpaired) electrons. The summed E-state index contributed by atoms with van der Waals surface area (Å²) in [7, 11) is 1.77. The normalized spacial score (nSPS) is 13.8. The zero-order valence-electron chi connectivity index (χ0n) is 10.7. The number of aliphatic carboxylic acids is 1. The fourth-order valence-electron chi connectivity index (χ4n) is 1.58. The molecule has 0 heterocycles. The highest BCUT2D eigenvalue weighted by Crippen LogP contribution is 2.21. The Hall–Kier alpha value is -1.63. The van der Waals surface area contributed by atoms with Crippen LogP contribution in [-0.2, 0) is 4.79 Å². The largest absolute Gasteiger partial charge is 0.482 e. The predicted molar refractivity (Wildman–Crippen MR) is 69.1 cm³/mol. The van der Waals surface area contributed by atoms with Crippen LogP contribution in [0, 0.1) is 0 Å². The number of hydrogen-bond acceptors (Lipinski definition) is 5. The second-order valence-corrected chi connectivity index (χ2v) is 4.16. The highest BCUT2D eigenvalue weighted by Gasteiger charge is 2.17. The molecule has 0 aromatic heterocycles. The van der Waals surface area contributed by atoms with Gasteiger partial charge in [-0.25, -0.2) is 4.79 Å². The van der Waals surface area contributed by atoms with Crippen LogP contribution >= 0.6 is 0 Å². The molecule has 0 aliphatic rings. The molecule has 0 aliphatic carbocycles. The Morgan fingerprint density at radius 1 is 1.32 bits per heavy atom. The summed E-state index contributed by atoms with van der Waals surface area (Å²) in [6.07, 6.45) is -1.38. The SMILES string of the molecule is CNCCC(O)C(O)c1ccc(OCC(=O)O)cc1. The molecule has 1 aromatic carbocycles. The van der Waals surface area contributed by atoms with Gasteiger partial charge in [-0.3, -0.25) is 0 Å². The maximum absolute atomic E-state index is 10.3. The molecular formula is C13H19NO5. The van der Waals surface area contributed by atoms with Crippen molar-refractivity contribution in [3.8, 4) is 5.75 Å². The van der Waals surface area contributed by atoms with E-state index in [9.17, 15) is 15.0 Å². The summed E-state index contributed by atoms with van der Waals surface area (Å²) in [5, 5.41) is 31.0. The van der Waals surface area contributed by atoms with Crippen LogP contribution in [0.4, 0.5) is 0 Å². The Morgan fingerprint density at radius 2 is 1.95 bits per heavy atom. The second kappa shape index (κ2) is 7.73. The first kappa shape index (κ1) is 15.4. The number of aliphatic hydroxyl groups excluding tert-OH is 2. The molecular weight excluding hydrogens is 250 g/mol. The van der Waals surface area contributed by atoms with Crippen LogP contribution in [0.1, 0.15) is 18.1 Å². The standard InChI is InChI=1S/C13H19NO5/c1-14-7-6-11(15)13(18)9-2-4-10(5-3-9)19-8-12(16)17/h2-5,11,13-15,18H,6-8H2,1H3,(H,16,17). The van der Waals surface area contributed by atoms with Crippen molar-refractivity contribution in [1.82, 2.24) is 5.32 Å². The van der Waals surface area contributed by atoms with E-state index in [1.165, 1.54) is 0 Å². The zero-order valence-corrected chi connectivity index (χ0v) is 10.7.